The lowest BCUT2D eigenvalue weighted by molar-refractivity contribution is 0.0692. The molecule has 3 rings (SSSR count). The van der Waals surface area contributed by atoms with E-state index in [-0.39, 0.29) is 11.6 Å². The maximum atomic E-state index is 13.7. The summed E-state index contributed by atoms with van der Waals surface area (Å²) in [7, 11) is 0. The van der Waals surface area contributed by atoms with Crippen LogP contribution in [0.5, 0.6) is 0 Å². The third-order valence-corrected chi connectivity index (χ3v) is 4.38. The largest absolute Gasteiger partial charge is 0.478 e. The molecule has 0 unspecified atom stereocenters. The van der Waals surface area contributed by atoms with Gasteiger partial charge in [-0.05, 0) is 30.4 Å². The van der Waals surface area contributed by atoms with Crippen LogP contribution in [0.3, 0.4) is 0 Å². The summed E-state index contributed by atoms with van der Waals surface area (Å²) in [6, 6.07) is 2.69. The second-order valence-electron chi connectivity index (χ2n) is 4.50. The summed E-state index contributed by atoms with van der Waals surface area (Å²) < 4.78 is 15.5. The number of aromatic carboxylic acids is 1. The minimum Gasteiger partial charge on any atom is -0.478 e. The molecule has 0 spiro atoms. The van der Waals surface area contributed by atoms with Gasteiger partial charge in [-0.25, -0.2) is 13.9 Å². The summed E-state index contributed by atoms with van der Waals surface area (Å²) in [5, 5.41) is 16.9. The number of carboxylic acid groups (broad SMARTS) is 1. The first-order valence-electron chi connectivity index (χ1n) is 6.02. The number of fused-ring (bicyclic) bond motifs is 1. The number of rotatable bonds is 2. The normalized spacial score (nSPS) is 16.9. The number of thioether (sulfide) groups is 1. The van der Waals surface area contributed by atoms with Crippen LogP contribution in [-0.2, 0) is 0 Å². The van der Waals surface area contributed by atoms with Crippen LogP contribution in [0.15, 0.2) is 12.1 Å². The van der Waals surface area contributed by atoms with E-state index in [2.05, 4.69) is 10.3 Å². The fraction of sp³-hybridized carbons (Fsp3) is 0.417. The number of benzene rings is 1. The van der Waals surface area contributed by atoms with Crippen molar-refractivity contribution in [1.29, 1.82) is 0 Å². The molecule has 2 heterocycles. The number of hydrogen-bond acceptors (Lipinski definition) is 4. The van der Waals surface area contributed by atoms with E-state index in [0.29, 0.717) is 11.0 Å². The molecule has 1 aliphatic rings. The highest BCUT2D eigenvalue weighted by Gasteiger charge is 2.21. The van der Waals surface area contributed by atoms with E-state index in [1.54, 1.807) is 4.68 Å². The van der Waals surface area contributed by atoms with Crippen molar-refractivity contribution < 1.29 is 14.3 Å². The van der Waals surface area contributed by atoms with Crippen LogP contribution in [0.4, 0.5) is 4.39 Å². The van der Waals surface area contributed by atoms with Gasteiger partial charge in [-0.15, -0.1) is 5.10 Å². The van der Waals surface area contributed by atoms with Crippen LogP contribution >= 0.6 is 11.8 Å². The van der Waals surface area contributed by atoms with Crippen molar-refractivity contribution in [3.63, 3.8) is 0 Å². The van der Waals surface area contributed by atoms with Crippen molar-refractivity contribution in [2.45, 2.75) is 18.9 Å². The van der Waals surface area contributed by atoms with Gasteiger partial charge in [0.25, 0.3) is 0 Å². The summed E-state index contributed by atoms with van der Waals surface area (Å²) in [5.41, 5.74) is 0.634. The van der Waals surface area contributed by atoms with Crippen LogP contribution < -0.4 is 0 Å². The zero-order chi connectivity index (χ0) is 13.4. The monoisotopic (exact) mass is 281 g/mol. The Morgan fingerprint density at radius 1 is 1.42 bits per heavy atom. The van der Waals surface area contributed by atoms with E-state index >= 15 is 0 Å². The zero-order valence-electron chi connectivity index (χ0n) is 10.0. The van der Waals surface area contributed by atoms with Crippen LogP contribution in [0, 0.1) is 5.82 Å². The highest BCUT2D eigenvalue weighted by molar-refractivity contribution is 7.99. The average Bonchev–Trinajstić information content (AvgIpc) is 2.81. The Labute approximate surface area is 112 Å². The number of nitrogens with zero attached hydrogens (tertiary/aromatic N) is 3. The van der Waals surface area contributed by atoms with Crippen molar-refractivity contribution >= 4 is 28.8 Å². The Kier molecular flexibility index (Phi) is 3.14. The fourth-order valence-electron chi connectivity index (χ4n) is 2.32. The molecule has 1 aromatic carbocycles. The summed E-state index contributed by atoms with van der Waals surface area (Å²) in [6.45, 7) is 0. The van der Waals surface area contributed by atoms with E-state index in [1.807, 2.05) is 11.8 Å². The number of hydrogen-bond donors (Lipinski definition) is 1. The first kappa shape index (κ1) is 12.4. The summed E-state index contributed by atoms with van der Waals surface area (Å²) >= 11 is 1.90. The molecule has 0 saturated carbocycles. The van der Waals surface area contributed by atoms with Crippen LogP contribution in [0.2, 0.25) is 0 Å². The zero-order valence-corrected chi connectivity index (χ0v) is 10.9. The predicted molar refractivity (Wildman–Crippen MR) is 70.0 cm³/mol. The third-order valence-electron chi connectivity index (χ3n) is 3.33. The SMILES string of the molecule is O=C(O)c1cc2nnn(C3CCSCC3)c2cc1F. The predicted octanol–water partition coefficient (Wildman–Crippen LogP) is 2.34. The van der Waals surface area contributed by atoms with Gasteiger partial charge in [-0.3, -0.25) is 0 Å². The van der Waals surface area contributed by atoms with E-state index < -0.39 is 11.8 Å². The van der Waals surface area contributed by atoms with Crippen molar-refractivity contribution in [3.8, 4) is 0 Å². The molecule has 0 bridgehead atoms. The van der Waals surface area contributed by atoms with Gasteiger partial charge < -0.3 is 5.11 Å². The van der Waals surface area contributed by atoms with Crippen LogP contribution in [0.1, 0.15) is 29.2 Å². The van der Waals surface area contributed by atoms with E-state index in [4.69, 9.17) is 5.11 Å². The maximum Gasteiger partial charge on any atom is 0.338 e. The van der Waals surface area contributed by atoms with Crippen molar-refractivity contribution in [2.24, 2.45) is 0 Å². The lowest BCUT2D eigenvalue weighted by atomic mass is 10.1. The molecule has 7 heteroatoms. The molecule has 19 heavy (non-hydrogen) atoms. The second-order valence-corrected chi connectivity index (χ2v) is 5.73. The molecule has 1 saturated heterocycles. The topological polar surface area (TPSA) is 68.0 Å². The standard InChI is InChI=1S/C12H12FN3O2S/c13-9-6-11-10(5-8(9)12(17)18)14-15-16(11)7-1-3-19-4-2-7/h5-7H,1-4H2,(H,17,18). The molecule has 100 valence electrons. The van der Waals surface area contributed by atoms with Crippen molar-refractivity contribution in [2.75, 3.05) is 11.5 Å². The minimum atomic E-state index is -1.29. The van der Waals surface area contributed by atoms with Crippen LogP contribution in [-0.4, -0.2) is 37.6 Å². The molecule has 5 nitrogen and oxygen atoms in total. The van der Waals surface area contributed by atoms with Gasteiger partial charge in [-0.2, -0.15) is 11.8 Å². The van der Waals surface area contributed by atoms with Crippen molar-refractivity contribution in [1.82, 2.24) is 15.0 Å². The molecule has 1 fully saturated rings. The Morgan fingerprint density at radius 3 is 2.84 bits per heavy atom. The second kappa shape index (κ2) is 4.80. The summed E-state index contributed by atoms with van der Waals surface area (Å²) in [4.78, 5) is 10.9. The van der Waals surface area contributed by atoms with E-state index in [0.717, 1.165) is 24.3 Å². The number of aromatic nitrogens is 3. The van der Waals surface area contributed by atoms with E-state index in [1.165, 1.54) is 12.1 Å². The van der Waals surface area contributed by atoms with Gasteiger partial charge in [0.15, 0.2) is 0 Å². The lowest BCUT2D eigenvalue weighted by Crippen LogP contribution is -2.16. The van der Waals surface area contributed by atoms with Gasteiger partial charge in [0.05, 0.1) is 17.1 Å². The van der Waals surface area contributed by atoms with Crippen molar-refractivity contribution in [3.05, 3.63) is 23.5 Å². The highest BCUT2D eigenvalue weighted by atomic mass is 32.2. The number of carbonyl (C=O) groups is 1. The van der Waals surface area contributed by atoms with Gasteiger partial charge in [-0.1, -0.05) is 5.21 Å². The summed E-state index contributed by atoms with van der Waals surface area (Å²) in [6.07, 6.45) is 1.96. The molecular weight excluding hydrogens is 269 g/mol. The Bertz CT molecular complexity index is 637. The highest BCUT2D eigenvalue weighted by Crippen LogP contribution is 2.29. The molecule has 1 N–H and O–H groups in total. The molecule has 1 aromatic heterocycles. The molecular formula is C12H12FN3O2S. The molecule has 0 aliphatic carbocycles. The number of carboxylic acids is 1. The maximum absolute atomic E-state index is 13.7. The Hall–Kier alpha value is -1.63. The van der Waals surface area contributed by atoms with Gasteiger partial charge >= 0.3 is 5.97 Å². The number of halogens is 1. The summed E-state index contributed by atoms with van der Waals surface area (Å²) in [5.74, 6) is 0.0837. The smallest absolute Gasteiger partial charge is 0.338 e. The molecule has 0 amide bonds. The van der Waals surface area contributed by atoms with Gasteiger partial charge in [0.1, 0.15) is 11.3 Å². The minimum absolute atomic E-state index is 0.223. The van der Waals surface area contributed by atoms with Crippen LogP contribution in [0.25, 0.3) is 11.0 Å². The van der Waals surface area contributed by atoms with Gasteiger partial charge in [0.2, 0.25) is 0 Å². The molecule has 0 atom stereocenters. The lowest BCUT2D eigenvalue weighted by Gasteiger charge is -2.21. The first-order chi connectivity index (χ1) is 9.16. The average molecular weight is 281 g/mol. The molecule has 1 aliphatic heterocycles. The van der Waals surface area contributed by atoms with E-state index in [9.17, 15) is 9.18 Å². The molecule has 2 aromatic rings. The third kappa shape index (κ3) is 2.18. The van der Waals surface area contributed by atoms with Gasteiger partial charge in [0, 0.05) is 6.07 Å². The molecule has 0 radical (unpaired) electrons. The Morgan fingerprint density at radius 2 is 2.16 bits per heavy atom. The first-order valence-corrected chi connectivity index (χ1v) is 7.18. The fourth-order valence-corrected chi connectivity index (χ4v) is 3.40. The Balaban J connectivity index is 2.07. The quantitative estimate of drug-likeness (QED) is 0.915.